The number of amides is 1. The number of pyridine rings is 1. The Labute approximate surface area is 208 Å². The second-order valence-corrected chi connectivity index (χ2v) is 10.2. The lowest BCUT2D eigenvalue weighted by Gasteiger charge is -2.24. The van der Waals surface area contributed by atoms with Crippen molar-refractivity contribution in [3.8, 4) is 5.75 Å². The van der Waals surface area contributed by atoms with Crippen molar-refractivity contribution < 1.29 is 47.5 Å². The molecule has 5 N–H and O–H groups in total. The van der Waals surface area contributed by atoms with E-state index < -0.39 is 56.8 Å². The molecule has 1 aliphatic heterocycles. The Morgan fingerprint density at radius 2 is 1.83 bits per heavy atom. The topological polar surface area (TPSA) is 171 Å². The molecule has 0 bridgehead atoms. The van der Waals surface area contributed by atoms with E-state index in [-0.39, 0.29) is 17.4 Å². The molecule has 2 heterocycles. The van der Waals surface area contributed by atoms with Gasteiger partial charge in [0.1, 0.15) is 29.6 Å². The number of aromatic nitrogens is 1. The van der Waals surface area contributed by atoms with Crippen molar-refractivity contribution in [1.82, 2.24) is 5.09 Å². The van der Waals surface area contributed by atoms with Gasteiger partial charge in [-0.25, -0.2) is 4.57 Å². The van der Waals surface area contributed by atoms with E-state index in [2.05, 4.69) is 5.09 Å². The Hall–Kier alpha value is -2.86. The molecule has 2 aromatic rings. The SMILES string of the molecule is CC(C)OC(=O)[C@H](C)NP(=O)(OC[C@H]1O[C@@H]([n+]2cccc(C(N)=O)c2)[C@H](O)[C@@H]1O)Oc1ccccc1. The molecular weight excluding hydrogens is 493 g/mol. The van der Waals surface area contributed by atoms with Gasteiger partial charge in [-0.1, -0.05) is 18.2 Å². The number of rotatable bonds is 11. The smallest absolute Gasteiger partial charge is 0.459 e. The first kappa shape index (κ1) is 27.7. The van der Waals surface area contributed by atoms with Gasteiger partial charge in [-0.05, 0) is 39.0 Å². The molecule has 12 nitrogen and oxygen atoms in total. The molecule has 0 spiro atoms. The predicted molar refractivity (Wildman–Crippen MR) is 126 cm³/mol. The molecule has 0 aliphatic carbocycles. The van der Waals surface area contributed by atoms with Crippen molar-refractivity contribution in [2.24, 2.45) is 5.73 Å². The van der Waals surface area contributed by atoms with Gasteiger partial charge in [-0.3, -0.25) is 14.1 Å². The van der Waals surface area contributed by atoms with Gasteiger partial charge in [0.25, 0.3) is 12.1 Å². The number of nitrogens with zero attached hydrogens (tertiary/aromatic N) is 1. The van der Waals surface area contributed by atoms with Crippen LogP contribution in [-0.4, -0.2) is 59.2 Å². The van der Waals surface area contributed by atoms with Crippen LogP contribution in [0.25, 0.3) is 0 Å². The van der Waals surface area contributed by atoms with Crippen molar-refractivity contribution in [3.63, 3.8) is 0 Å². The fourth-order valence-electron chi connectivity index (χ4n) is 3.42. The minimum absolute atomic E-state index is 0.176. The number of nitrogens with one attached hydrogen (secondary N) is 1. The highest BCUT2D eigenvalue weighted by Gasteiger charge is 2.49. The molecule has 1 aromatic heterocycles. The van der Waals surface area contributed by atoms with E-state index in [1.165, 1.54) is 36.0 Å². The number of hydrogen-bond acceptors (Lipinski definition) is 9. The molecule has 36 heavy (non-hydrogen) atoms. The summed E-state index contributed by atoms with van der Waals surface area (Å²) in [6.07, 6.45) is -2.50. The lowest BCUT2D eigenvalue weighted by molar-refractivity contribution is -0.765. The van der Waals surface area contributed by atoms with Gasteiger partial charge in [0.05, 0.1) is 12.7 Å². The zero-order valence-electron chi connectivity index (χ0n) is 20.1. The van der Waals surface area contributed by atoms with Crippen molar-refractivity contribution >= 4 is 19.6 Å². The van der Waals surface area contributed by atoms with Crippen molar-refractivity contribution in [3.05, 3.63) is 60.4 Å². The van der Waals surface area contributed by atoms with E-state index >= 15 is 0 Å². The quantitative estimate of drug-likeness (QED) is 0.187. The molecule has 1 unspecified atom stereocenters. The Kier molecular flexibility index (Phi) is 9.18. The number of aliphatic hydroxyl groups excluding tert-OH is 2. The van der Waals surface area contributed by atoms with Gasteiger partial charge < -0.3 is 29.9 Å². The first-order valence-electron chi connectivity index (χ1n) is 11.3. The van der Waals surface area contributed by atoms with Crippen LogP contribution in [0.1, 0.15) is 37.4 Å². The molecule has 0 radical (unpaired) electrons. The van der Waals surface area contributed by atoms with Crippen LogP contribution in [0.5, 0.6) is 5.75 Å². The van der Waals surface area contributed by atoms with Gasteiger partial charge in [0.15, 0.2) is 18.5 Å². The van der Waals surface area contributed by atoms with E-state index in [0.717, 1.165) is 0 Å². The molecule has 196 valence electrons. The van der Waals surface area contributed by atoms with E-state index in [1.807, 2.05) is 0 Å². The maximum Gasteiger partial charge on any atom is 0.459 e. The van der Waals surface area contributed by atoms with Crippen LogP contribution in [-0.2, 0) is 23.4 Å². The third-order valence-electron chi connectivity index (χ3n) is 5.17. The molecule has 1 saturated heterocycles. The monoisotopic (exact) mass is 524 g/mol. The number of carbonyl (C=O) groups excluding carboxylic acids is 2. The van der Waals surface area contributed by atoms with Gasteiger partial charge in [-0.15, -0.1) is 0 Å². The summed E-state index contributed by atoms with van der Waals surface area (Å²) in [5.41, 5.74) is 5.48. The number of benzene rings is 1. The summed E-state index contributed by atoms with van der Waals surface area (Å²) in [6.45, 7) is 4.34. The normalized spacial score (nSPS) is 24.2. The molecule has 13 heteroatoms. The molecule has 1 aromatic carbocycles. The maximum absolute atomic E-state index is 13.6. The zero-order chi connectivity index (χ0) is 26.5. The van der Waals surface area contributed by atoms with Crippen molar-refractivity contribution in [2.75, 3.05) is 6.61 Å². The average molecular weight is 524 g/mol. The maximum atomic E-state index is 13.6. The standard InChI is InChI=1S/C23H30N3O9P/c1-14(2)33-23(30)15(3)25-36(31,35-17-9-5-4-6-10-17)32-13-18-19(27)20(28)22(34-18)26-11-7-8-16(12-26)21(24)29/h4-12,14-15,18-20,22,27-28H,13H2,1-3H3,(H2-,24,25,29,31)/p+1/t15-,18+,19+,20+,22+,36?/m0/s1. The second kappa shape index (κ2) is 11.9. The second-order valence-electron chi connectivity index (χ2n) is 8.48. The van der Waals surface area contributed by atoms with Crippen LogP contribution in [0.3, 0.4) is 0 Å². The number of aliphatic hydroxyl groups is 2. The summed E-state index contributed by atoms with van der Waals surface area (Å²) in [7, 11) is -4.20. The fraction of sp³-hybridized carbons (Fsp3) is 0.435. The van der Waals surface area contributed by atoms with Crippen LogP contribution in [0.2, 0.25) is 0 Å². The lowest BCUT2D eigenvalue weighted by atomic mass is 10.1. The molecule has 3 rings (SSSR count). The minimum atomic E-state index is -4.20. The number of para-hydroxylation sites is 1. The Morgan fingerprint density at radius 1 is 1.14 bits per heavy atom. The van der Waals surface area contributed by atoms with Crippen LogP contribution in [0, 0.1) is 0 Å². The Bertz CT molecular complexity index is 1100. The van der Waals surface area contributed by atoms with Crippen LogP contribution in [0.4, 0.5) is 0 Å². The zero-order valence-corrected chi connectivity index (χ0v) is 21.0. The first-order valence-corrected chi connectivity index (χ1v) is 12.8. The summed E-state index contributed by atoms with van der Waals surface area (Å²) in [5.74, 6) is -1.13. The molecule has 1 aliphatic rings. The van der Waals surface area contributed by atoms with Crippen LogP contribution < -0.4 is 19.9 Å². The number of hydrogen-bond donors (Lipinski definition) is 4. The van der Waals surface area contributed by atoms with Gasteiger partial charge >= 0.3 is 13.7 Å². The predicted octanol–water partition coefficient (Wildman–Crippen LogP) is 0.826. The van der Waals surface area contributed by atoms with Gasteiger partial charge in [0, 0.05) is 6.07 Å². The number of esters is 1. The van der Waals surface area contributed by atoms with Crippen molar-refractivity contribution in [2.45, 2.75) is 57.5 Å². The van der Waals surface area contributed by atoms with E-state index in [1.54, 1.807) is 44.2 Å². The van der Waals surface area contributed by atoms with E-state index in [0.29, 0.717) is 0 Å². The lowest BCUT2D eigenvalue weighted by Crippen LogP contribution is -2.46. The van der Waals surface area contributed by atoms with E-state index in [4.69, 9.17) is 24.3 Å². The summed E-state index contributed by atoms with van der Waals surface area (Å²) in [4.78, 5) is 23.8. The number of nitrogens with two attached hydrogens (primary N) is 1. The summed E-state index contributed by atoms with van der Waals surface area (Å²) >= 11 is 0. The minimum Gasteiger partial charge on any atom is -0.462 e. The van der Waals surface area contributed by atoms with Gasteiger partial charge in [-0.2, -0.15) is 9.65 Å². The van der Waals surface area contributed by atoms with Crippen LogP contribution in [0.15, 0.2) is 54.9 Å². The number of carbonyl (C=O) groups is 2. The number of primary amides is 1. The fourth-order valence-corrected chi connectivity index (χ4v) is 4.92. The largest absolute Gasteiger partial charge is 0.462 e. The van der Waals surface area contributed by atoms with Crippen molar-refractivity contribution in [1.29, 1.82) is 0 Å². The summed E-state index contributed by atoms with van der Waals surface area (Å²) < 4.78 is 37.0. The molecule has 0 saturated carbocycles. The highest BCUT2D eigenvalue weighted by molar-refractivity contribution is 7.52. The molecular formula is C23H31N3O9P+. The molecule has 1 amide bonds. The Balaban J connectivity index is 1.74. The third kappa shape index (κ3) is 7.10. The average Bonchev–Trinajstić information content (AvgIpc) is 3.11. The number of ether oxygens (including phenoxy) is 2. The summed E-state index contributed by atoms with van der Waals surface area (Å²) in [6, 6.07) is 10.2. The Morgan fingerprint density at radius 3 is 2.47 bits per heavy atom. The van der Waals surface area contributed by atoms with E-state index in [9.17, 15) is 24.4 Å². The molecule has 1 fully saturated rings. The highest BCUT2D eigenvalue weighted by Crippen LogP contribution is 2.45. The summed E-state index contributed by atoms with van der Waals surface area (Å²) in [5, 5.41) is 23.6. The molecule has 6 atom stereocenters. The highest BCUT2D eigenvalue weighted by atomic mass is 31.2. The van der Waals surface area contributed by atoms with Crippen LogP contribution >= 0.6 is 7.75 Å². The first-order chi connectivity index (χ1) is 17.0. The third-order valence-corrected chi connectivity index (χ3v) is 6.82. The van der Waals surface area contributed by atoms with Gasteiger partial charge in [0.2, 0.25) is 0 Å².